The van der Waals surface area contributed by atoms with E-state index in [1.807, 2.05) is 60.7 Å². The largest absolute Gasteiger partial charge is 0.497 e. The number of nitrogens with one attached hydrogen (secondary N) is 1. The molecule has 1 heterocycles. The molecule has 0 aliphatic rings. The van der Waals surface area contributed by atoms with Gasteiger partial charge >= 0.3 is 0 Å². The average molecular weight is 391 g/mol. The Hall–Kier alpha value is -3.41. The van der Waals surface area contributed by atoms with E-state index >= 15 is 0 Å². The molecule has 6 nitrogen and oxygen atoms in total. The lowest BCUT2D eigenvalue weighted by Gasteiger charge is -2.06. The Morgan fingerprint density at radius 1 is 0.862 bits per heavy atom. The Morgan fingerprint density at radius 3 is 2.10 bits per heavy atom. The van der Waals surface area contributed by atoms with E-state index < -0.39 is 0 Å². The predicted molar refractivity (Wildman–Crippen MR) is 113 cm³/mol. The van der Waals surface area contributed by atoms with E-state index in [1.54, 1.807) is 13.3 Å². The second kappa shape index (κ2) is 10.8. The zero-order chi connectivity index (χ0) is 20.3. The highest BCUT2D eigenvalue weighted by molar-refractivity contribution is 5.94. The molecule has 2 aromatic carbocycles. The van der Waals surface area contributed by atoms with Crippen LogP contribution in [0.25, 0.3) is 0 Å². The van der Waals surface area contributed by atoms with E-state index in [9.17, 15) is 4.79 Å². The van der Waals surface area contributed by atoms with E-state index in [-0.39, 0.29) is 5.78 Å². The Bertz CT molecular complexity index is 902. The highest BCUT2D eigenvalue weighted by Crippen LogP contribution is 2.23. The van der Waals surface area contributed by atoms with Crippen molar-refractivity contribution in [2.75, 3.05) is 13.7 Å². The zero-order valence-electron chi connectivity index (χ0n) is 16.5. The van der Waals surface area contributed by atoms with E-state index in [4.69, 9.17) is 9.47 Å². The number of aromatic amines is 1. The summed E-state index contributed by atoms with van der Waals surface area (Å²) in [5, 5.41) is 8.43. The molecule has 0 unspecified atom stereocenters. The van der Waals surface area contributed by atoms with Crippen LogP contribution in [0.15, 0.2) is 77.1 Å². The first-order chi connectivity index (χ1) is 14.2. The van der Waals surface area contributed by atoms with Gasteiger partial charge in [-0.05, 0) is 79.9 Å². The number of rotatable bonds is 11. The number of aromatic nitrogens is 1. The number of azo groups is 1. The van der Waals surface area contributed by atoms with Crippen LogP contribution < -0.4 is 9.47 Å². The van der Waals surface area contributed by atoms with Crippen LogP contribution in [0.3, 0.4) is 0 Å². The summed E-state index contributed by atoms with van der Waals surface area (Å²) < 4.78 is 10.9. The molecule has 3 aromatic rings. The molecule has 0 atom stereocenters. The summed E-state index contributed by atoms with van der Waals surface area (Å²) in [6, 6.07) is 18.6. The van der Waals surface area contributed by atoms with Crippen molar-refractivity contribution in [1.29, 1.82) is 0 Å². The highest BCUT2D eigenvalue weighted by Gasteiger charge is 2.05. The number of Topliss-reactive ketones (excluding diaryl/α,β-unsaturated/α-hetero) is 1. The van der Waals surface area contributed by atoms with E-state index in [2.05, 4.69) is 15.2 Å². The first-order valence-electron chi connectivity index (χ1n) is 9.70. The van der Waals surface area contributed by atoms with Crippen molar-refractivity contribution in [3.63, 3.8) is 0 Å². The second-order valence-corrected chi connectivity index (χ2v) is 6.56. The molecule has 150 valence electrons. The van der Waals surface area contributed by atoms with E-state index in [0.717, 1.165) is 42.1 Å². The summed E-state index contributed by atoms with van der Waals surface area (Å²) in [7, 11) is 1.63. The molecule has 0 saturated heterocycles. The van der Waals surface area contributed by atoms with Crippen molar-refractivity contribution in [1.82, 2.24) is 4.98 Å². The van der Waals surface area contributed by atoms with Crippen molar-refractivity contribution in [3.05, 3.63) is 72.6 Å². The van der Waals surface area contributed by atoms with Crippen molar-refractivity contribution in [2.24, 2.45) is 10.2 Å². The first kappa shape index (κ1) is 20.3. The standard InChI is InChI=1S/C23H25N3O3/c1-28-20-12-8-18(9-13-20)25-26-19-10-14-21(15-11-19)29-17-4-2-3-7-23(27)22-6-5-16-24-22/h5-6,8-16,24H,2-4,7,17H2,1H3. The lowest BCUT2D eigenvalue weighted by Crippen LogP contribution is -2.01. The summed E-state index contributed by atoms with van der Waals surface area (Å²) >= 11 is 0. The molecule has 0 radical (unpaired) electrons. The van der Waals surface area contributed by atoms with Gasteiger partial charge < -0.3 is 14.5 Å². The average Bonchev–Trinajstić information content (AvgIpc) is 3.31. The summed E-state index contributed by atoms with van der Waals surface area (Å²) in [6.07, 6.45) is 5.07. The van der Waals surface area contributed by atoms with E-state index in [0.29, 0.717) is 18.7 Å². The molecular formula is C23H25N3O3. The van der Waals surface area contributed by atoms with Gasteiger partial charge in [-0.15, -0.1) is 0 Å². The number of hydrogen-bond acceptors (Lipinski definition) is 5. The van der Waals surface area contributed by atoms with E-state index in [1.165, 1.54) is 0 Å². The molecule has 0 aliphatic heterocycles. The summed E-state index contributed by atoms with van der Waals surface area (Å²) in [5.41, 5.74) is 2.21. The fourth-order valence-corrected chi connectivity index (χ4v) is 2.77. The van der Waals surface area contributed by atoms with Gasteiger partial charge in [0.1, 0.15) is 11.5 Å². The van der Waals surface area contributed by atoms with Crippen molar-refractivity contribution < 1.29 is 14.3 Å². The summed E-state index contributed by atoms with van der Waals surface area (Å²) in [6.45, 7) is 0.628. The van der Waals surface area contributed by atoms with Crippen molar-refractivity contribution in [3.8, 4) is 11.5 Å². The summed E-state index contributed by atoms with van der Waals surface area (Å²) in [4.78, 5) is 14.8. The number of unbranched alkanes of at least 4 members (excludes halogenated alkanes) is 2. The number of ether oxygens (including phenoxy) is 2. The maximum atomic E-state index is 11.9. The maximum Gasteiger partial charge on any atom is 0.178 e. The molecule has 0 aliphatic carbocycles. The van der Waals surface area contributed by atoms with Gasteiger partial charge in [0.25, 0.3) is 0 Å². The lowest BCUT2D eigenvalue weighted by molar-refractivity contribution is 0.0974. The Balaban J connectivity index is 1.34. The predicted octanol–water partition coefficient (Wildman–Crippen LogP) is 6.26. The highest BCUT2D eigenvalue weighted by atomic mass is 16.5. The molecule has 1 aromatic heterocycles. The number of carbonyl (C=O) groups excluding carboxylic acids is 1. The lowest BCUT2D eigenvalue weighted by atomic mass is 10.1. The normalized spacial score (nSPS) is 10.9. The third kappa shape index (κ3) is 6.60. The van der Waals surface area contributed by atoms with Gasteiger partial charge in [0.2, 0.25) is 0 Å². The molecule has 3 rings (SSSR count). The van der Waals surface area contributed by atoms with Crippen LogP contribution in [0.4, 0.5) is 11.4 Å². The molecule has 0 fully saturated rings. The third-order valence-corrected chi connectivity index (χ3v) is 4.41. The van der Waals surface area contributed by atoms with Crippen molar-refractivity contribution >= 4 is 17.2 Å². The molecular weight excluding hydrogens is 366 g/mol. The molecule has 0 bridgehead atoms. The van der Waals surface area contributed by atoms with Gasteiger partial charge in [0.05, 0.1) is 30.8 Å². The SMILES string of the molecule is COc1ccc(N=Nc2ccc(OCCCCCC(=O)c3ccc[nH]3)cc2)cc1. The van der Waals surface area contributed by atoms with Gasteiger partial charge in [0.15, 0.2) is 5.78 Å². The van der Waals surface area contributed by atoms with Crippen LogP contribution >= 0.6 is 0 Å². The number of nitrogens with zero attached hydrogens (tertiary/aromatic N) is 2. The van der Waals surface area contributed by atoms with Gasteiger partial charge in [-0.3, -0.25) is 4.79 Å². The Kier molecular flexibility index (Phi) is 7.57. The number of benzene rings is 2. The number of H-pyrrole nitrogens is 1. The van der Waals surface area contributed by atoms with Crippen LogP contribution in [0.2, 0.25) is 0 Å². The van der Waals surface area contributed by atoms with Crippen LogP contribution in [-0.4, -0.2) is 24.5 Å². The first-order valence-corrected chi connectivity index (χ1v) is 9.70. The zero-order valence-corrected chi connectivity index (χ0v) is 16.5. The van der Waals surface area contributed by atoms with Gasteiger partial charge in [-0.25, -0.2) is 0 Å². The molecule has 29 heavy (non-hydrogen) atoms. The summed E-state index contributed by atoms with van der Waals surface area (Å²) in [5.74, 6) is 1.75. The number of ketones is 1. The van der Waals surface area contributed by atoms with Gasteiger partial charge in [0, 0.05) is 12.6 Å². The fraction of sp³-hybridized carbons (Fsp3) is 0.261. The Labute approximate surface area is 170 Å². The van der Waals surface area contributed by atoms with Gasteiger partial charge in [-0.1, -0.05) is 0 Å². The molecule has 1 N–H and O–H groups in total. The number of hydrogen-bond donors (Lipinski definition) is 1. The molecule has 0 saturated carbocycles. The Morgan fingerprint density at radius 2 is 1.52 bits per heavy atom. The maximum absolute atomic E-state index is 11.9. The minimum absolute atomic E-state index is 0.162. The number of methoxy groups -OCH3 is 1. The molecule has 0 amide bonds. The molecule has 0 spiro atoms. The van der Waals surface area contributed by atoms with Crippen molar-refractivity contribution in [2.45, 2.75) is 25.7 Å². The van der Waals surface area contributed by atoms with Crippen LogP contribution in [0.1, 0.15) is 36.2 Å². The number of carbonyl (C=O) groups is 1. The van der Waals surface area contributed by atoms with Crippen LogP contribution in [-0.2, 0) is 0 Å². The van der Waals surface area contributed by atoms with Crippen LogP contribution in [0.5, 0.6) is 11.5 Å². The minimum atomic E-state index is 0.162. The third-order valence-electron chi connectivity index (χ3n) is 4.41. The quantitative estimate of drug-likeness (QED) is 0.238. The topological polar surface area (TPSA) is 76.0 Å². The van der Waals surface area contributed by atoms with Gasteiger partial charge in [-0.2, -0.15) is 10.2 Å². The van der Waals surface area contributed by atoms with Crippen LogP contribution in [0, 0.1) is 0 Å². The smallest absolute Gasteiger partial charge is 0.178 e. The fourth-order valence-electron chi connectivity index (χ4n) is 2.77. The second-order valence-electron chi connectivity index (χ2n) is 6.56. The minimum Gasteiger partial charge on any atom is -0.497 e. The molecule has 6 heteroatoms. The monoisotopic (exact) mass is 391 g/mol.